The molecule has 20 heavy (non-hydrogen) atoms. The lowest BCUT2D eigenvalue weighted by molar-refractivity contribution is -0.139. The summed E-state index contributed by atoms with van der Waals surface area (Å²) < 4.78 is 0. The molecule has 0 spiro atoms. The first-order valence-electron chi connectivity index (χ1n) is 7.95. The van der Waals surface area contributed by atoms with Crippen molar-refractivity contribution in [3.05, 3.63) is 0 Å². The molecule has 3 aliphatic rings. The molecule has 3 fully saturated rings. The van der Waals surface area contributed by atoms with Crippen LogP contribution in [0, 0.1) is 11.8 Å². The molecule has 0 aliphatic carbocycles. The summed E-state index contributed by atoms with van der Waals surface area (Å²) in [5.74, 6) is 1.45. The minimum Gasteiger partial charge on any atom is -0.342 e. The first-order chi connectivity index (χ1) is 9.25. The van der Waals surface area contributed by atoms with Gasteiger partial charge in [-0.15, -0.1) is 12.4 Å². The van der Waals surface area contributed by atoms with Gasteiger partial charge in [0.05, 0.1) is 0 Å². The Morgan fingerprint density at radius 3 is 2.60 bits per heavy atom. The van der Waals surface area contributed by atoms with Crippen LogP contribution in [-0.2, 0) is 4.79 Å². The average Bonchev–Trinajstić information content (AvgIpc) is 2.47. The summed E-state index contributed by atoms with van der Waals surface area (Å²) in [5, 5.41) is 3.35. The Labute approximate surface area is 128 Å². The highest BCUT2D eigenvalue weighted by Gasteiger charge is 2.37. The van der Waals surface area contributed by atoms with E-state index in [1.165, 1.54) is 25.8 Å². The maximum Gasteiger partial charge on any atom is 0.225 e. The van der Waals surface area contributed by atoms with Gasteiger partial charge in [-0.2, -0.15) is 0 Å². The van der Waals surface area contributed by atoms with E-state index in [2.05, 4.69) is 22.2 Å². The van der Waals surface area contributed by atoms with Crippen molar-refractivity contribution in [1.29, 1.82) is 0 Å². The Morgan fingerprint density at radius 2 is 1.85 bits per heavy atom. The van der Waals surface area contributed by atoms with Crippen molar-refractivity contribution >= 4 is 18.3 Å². The van der Waals surface area contributed by atoms with Crippen LogP contribution in [0.4, 0.5) is 0 Å². The van der Waals surface area contributed by atoms with E-state index in [1.807, 2.05) is 0 Å². The number of nitrogens with zero attached hydrogens (tertiary/aromatic N) is 2. The van der Waals surface area contributed by atoms with Crippen LogP contribution in [0.25, 0.3) is 0 Å². The fraction of sp³-hybridized carbons (Fsp3) is 0.933. The number of nitrogens with one attached hydrogen (secondary N) is 1. The molecule has 0 saturated carbocycles. The van der Waals surface area contributed by atoms with Crippen LogP contribution < -0.4 is 5.32 Å². The van der Waals surface area contributed by atoms with Gasteiger partial charge in [-0.25, -0.2) is 0 Å². The minimum atomic E-state index is 0. The average molecular weight is 302 g/mol. The van der Waals surface area contributed by atoms with Gasteiger partial charge in [0.25, 0.3) is 0 Å². The molecule has 1 N–H and O–H groups in total. The number of hydrogen-bond acceptors (Lipinski definition) is 3. The zero-order valence-corrected chi connectivity index (χ0v) is 13.3. The van der Waals surface area contributed by atoms with E-state index in [0.717, 1.165) is 51.0 Å². The topological polar surface area (TPSA) is 35.6 Å². The molecule has 1 amide bonds. The molecule has 3 rings (SSSR count). The molecule has 0 aromatic carbocycles. The van der Waals surface area contributed by atoms with Crippen LogP contribution in [0.3, 0.4) is 0 Å². The number of halogens is 1. The van der Waals surface area contributed by atoms with Gasteiger partial charge in [-0.3, -0.25) is 4.79 Å². The van der Waals surface area contributed by atoms with Gasteiger partial charge in [0.15, 0.2) is 0 Å². The zero-order chi connectivity index (χ0) is 13.2. The lowest BCUT2D eigenvalue weighted by atomic mass is 9.83. The second-order valence-electron chi connectivity index (χ2n) is 6.55. The fourth-order valence-corrected chi connectivity index (χ4v) is 4.18. The number of hydrogen-bond donors (Lipinski definition) is 1. The second kappa shape index (κ2) is 7.10. The zero-order valence-electron chi connectivity index (χ0n) is 12.5. The molecule has 0 bridgehead atoms. The normalized spacial score (nSPS) is 32.4. The summed E-state index contributed by atoms with van der Waals surface area (Å²) >= 11 is 0. The minimum absolute atomic E-state index is 0. The van der Waals surface area contributed by atoms with E-state index in [-0.39, 0.29) is 12.4 Å². The maximum absolute atomic E-state index is 12.6. The van der Waals surface area contributed by atoms with Crippen molar-refractivity contribution in [2.75, 3.05) is 39.8 Å². The smallest absolute Gasteiger partial charge is 0.225 e. The van der Waals surface area contributed by atoms with E-state index in [0.29, 0.717) is 11.8 Å². The van der Waals surface area contributed by atoms with Crippen LogP contribution in [0.5, 0.6) is 0 Å². The molecule has 0 aromatic rings. The van der Waals surface area contributed by atoms with Crippen molar-refractivity contribution in [3.63, 3.8) is 0 Å². The molecular formula is C15H28ClN3O. The van der Waals surface area contributed by atoms with Crippen LogP contribution in [0.1, 0.15) is 32.1 Å². The summed E-state index contributed by atoms with van der Waals surface area (Å²) in [7, 11) is 2.25. The molecule has 2 atom stereocenters. The number of amides is 1. The van der Waals surface area contributed by atoms with Gasteiger partial charge >= 0.3 is 0 Å². The van der Waals surface area contributed by atoms with Crippen molar-refractivity contribution in [2.24, 2.45) is 11.8 Å². The summed E-state index contributed by atoms with van der Waals surface area (Å²) in [4.78, 5) is 17.3. The highest BCUT2D eigenvalue weighted by atomic mass is 35.5. The quantitative estimate of drug-likeness (QED) is 0.794. The Balaban J connectivity index is 0.00000147. The third-order valence-electron chi connectivity index (χ3n) is 5.35. The van der Waals surface area contributed by atoms with Crippen molar-refractivity contribution in [3.8, 4) is 0 Å². The van der Waals surface area contributed by atoms with Crippen molar-refractivity contribution < 1.29 is 4.79 Å². The van der Waals surface area contributed by atoms with E-state index < -0.39 is 0 Å². The van der Waals surface area contributed by atoms with Crippen molar-refractivity contribution in [1.82, 2.24) is 15.1 Å². The van der Waals surface area contributed by atoms with Gasteiger partial charge in [-0.05, 0) is 64.7 Å². The van der Waals surface area contributed by atoms with E-state index in [9.17, 15) is 4.79 Å². The maximum atomic E-state index is 12.6. The molecule has 116 valence electrons. The van der Waals surface area contributed by atoms with Gasteiger partial charge in [-0.1, -0.05) is 0 Å². The second-order valence-corrected chi connectivity index (χ2v) is 6.55. The monoisotopic (exact) mass is 301 g/mol. The Bertz CT molecular complexity index is 333. The highest BCUT2D eigenvalue weighted by molar-refractivity contribution is 5.85. The molecule has 5 heteroatoms. The molecule has 3 aliphatic heterocycles. The standard InChI is InChI=1S/C15H27N3O.ClH/c1-17-9-2-3-13-11-18(10-6-14(13)17)15(19)12-4-7-16-8-5-12;/h12-14,16H,2-11H2,1H3;1H. The van der Waals surface area contributed by atoms with Gasteiger partial charge in [0, 0.05) is 25.0 Å². The molecule has 3 saturated heterocycles. The summed E-state index contributed by atoms with van der Waals surface area (Å²) in [6, 6.07) is 0.728. The Hall–Kier alpha value is -0.320. The van der Waals surface area contributed by atoms with Gasteiger partial charge < -0.3 is 15.1 Å². The number of rotatable bonds is 1. The Morgan fingerprint density at radius 1 is 1.10 bits per heavy atom. The van der Waals surface area contributed by atoms with Crippen LogP contribution >= 0.6 is 12.4 Å². The third-order valence-corrected chi connectivity index (χ3v) is 5.35. The predicted octanol–water partition coefficient (Wildman–Crippen LogP) is 1.35. The van der Waals surface area contributed by atoms with E-state index >= 15 is 0 Å². The molecule has 3 heterocycles. The lowest BCUT2D eigenvalue weighted by Gasteiger charge is -2.46. The lowest BCUT2D eigenvalue weighted by Crippen LogP contribution is -2.55. The van der Waals surface area contributed by atoms with E-state index in [1.54, 1.807) is 0 Å². The molecule has 0 aromatic heterocycles. The number of likely N-dealkylation sites (tertiary alicyclic amines) is 2. The first kappa shape index (κ1) is 16.1. The number of carbonyl (C=O) groups excluding carboxylic acids is 1. The number of fused-ring (bicyclic) bond motifs is 1. The SMILES string of the molecule is CN1CCCC2CN(C(=O)C3CCNCC3)CCC21.Cl. The van der Waals surface area contributed by atoms with Crippen LogP contribution in [-0.4, -0.2) is 61.5 Å². The molecule has 2 unspecified atom stereocenters. The predicted molar refractivity (Wildman–Crippen MR) is 83.2 cm³/mol. The number of piperidine rings is 3. The molecule has 4 nitrogen and oxygen atoms in total. The molecule has 0 radical (unpaired) electrons. The van der Waals surface area contributed by atoms with Crippen LogP contribution in [0.2, 0.25) is 0 Å². The summed E-state index contributed by atoms with van der Waals surface area (Å²) in [5.41, 5.74) is 0. The largest absolute Gasteiger partial charge is 0.342 e. The van der Waals surface area contributed by atoms with Gasteiger partial charge in [0.1, 0.15) is 0 Å². The van der Waals surface area contributed by atoms with Gasteiger partial charge in [0.2, 0.25) is 5.91 Å². The Kier molecular flexibility index (Phi) is 5.70. The molecular weight excluding hydrogens is 274 g/mol. The first-order valence-corrected chi connectivity index (χ1v) is 7.95. The van der Waals surface area contributed by atoms with Crippen LogP contribution in [0.15, 0.2) is 0 Å². The fourth-order valence-electron chi connectivity index (χ4n) is 4.18. The van der Waals surface area contributed by atoms with Crippen molar-refractivity contribution in [2.45, 2.75) is 38.1 Å². The highest BCUT2D eigenvalue weighted by Crippen LogP contribution is 2.30. The third kappa shape index (κ3) is 3.29. The number of carbonyl (C=O) groups is 1. The van der Waals surface area contributed by atoms with E-state index in [4.69, 9.17) is 0 Å². The summed E-state index contributed by atoms with van der Waals surface area (Å²) in [6.45, 7) is 5.26. The summed E-state index contributed by atoms with van der Waals surface area (Å²) in [6.07, 6.45) is 5.85.